The molecule has 2 atom stereocenters. The van der Waals surface area contributed by atoms with E-state index in [1.165, 1.54) is 6.42 Å². The van der Waals surface area contributed by atoms with Crippen LogP contribution in [0.3, 0.4) is 0 Å². The van der Waals surface area contributed by atoms with Crippen LogP contribution in [-0.2, 0) is 10.2 Å². The maximum Gasteiger partial charge on any atom is 0.259 e. The molecule has 1 aromatic heterocycles. The molecule has 0 spiro atoms. The number of piperidine rings is 1. The van der Waals surface area contributed by atoms with Gasteiger partial charge in [-0.25, -0.2) is 9.97 Å². The van der Waals surface area contributed by atoms with E-state index in [-0.39, 0.29) is 48.1 Å². The molecule has 1 aliphatic heterocycles. The molecule has 3 N–H and O–H groups in total. The number of amides is 1. The number of carbonyl (C=O) groups is 1. The third-order valence-corrected chi connectivity index (χ3v) is 7.58. The van der Waals surface area contributed by atoms with Gasteiger partial charge in [0.2, 0.25) is 0 Å². The molecular weight excluding hydrogens is 525 g/mol. The number of hydrogen-bond acceptors (Lipinski definition) is 7. The predicted octanol–water partition coefficient (Wildman–Crippen LogP) is 4.84. The van der Waals surface area contributed by atoms with E-state index in [4.69, 9.17) is 9.72 Å². The summed E-state index contributed by atoms with van der Waals surface area (Å²) < 4.78 is 5.19. The van der Waals surface area contributed by atoms with E-state index in [0.29, 0.717) is 42.8 Å². The van der Waals surface area contributed by atoms with E-state index in [9.17, 15) is 9.90 Å². The molecule has 1 saturated heterocycles. The lowest BCUT2D eigenvalue weighted by atomic mass is 9.72. The van der Waals surface area contributed by atoms with Gasteiger partial charge in [0, 0.05) is 63.5 Å². The van der Waals surface area contributed by atoms with Crippen molar-refractivity contribution in [3.8, 4) is 0 Å². The summed E-state index contributed by atoms with van der Waals surface area (Å²) in [5.41, 5.74) is -0.334. The number of nitrogens with zero attached hydrogens (tertiary/aromatic N) is 3. The molecule has 3 rings (SSSR count). The number of hydrogen-bond donors (Lipinski definition) is 3. The number of nitrogens with one attached hydrogen (secondary N) is 2. The van der Waals surface area contributed by atoms with Gasteiger partial charge < -0.3 is 25.4 Å². The smallest absolute Gasteiger partial charge is 0.259 e. The molecule has 1 amide bonds. The molecule has 10 heteroatoms. The molecule has 38 heavy (non-hydrogen) atoms. The Labute approximate surface area is 242 Å². The zero-order valence-electron chi connectivity index (χ0n) is 24.2. The first-order valence-electron chi connectivity index (χ1n) is 13.9. The largest absolute Gasteiger partial charge is 0.390 e. The molecule has 1 aromatic rings. The van der Waals surface area contributed by atoms with Crippen molar-refractivity contribution in [1.82, 2.24) is 20.2 Å². The minimum Gasteiger partial charge on any atom is -0.390 e. The summed E-state index contributed by atoms with van der Waals surface area (Å²) in [7, 11) is 1.69. The van der Waals surface area contributed by atoms with Gasteiger partial charge in [-0.2, -0.15) is 0 Å². The van der Waals surface area contributed by atoms with Crippen molar-refractivity contribution < 1.29 is 14.6 Å². The van der Waals surface area contributed by atoms with E-state index in [0.717, 1.165) is 51.6 Å². The summed E-state index contributed by atoms with van der Waals surface area (Å²) in [5.74, 6) is 1.74. The molecule has 0 bridgehead atoms. The maximum atomic E-state index is 14.1. The van der Waals surface area contributed by atoms with E-state index in [1.54, 1.807) is 13.3 Å². The molecule has 2 heterocycles. The van der Waals surface area contributed by atoms with Crippen molar-refractivity contribution in [1.29, 1.82) is 0 Å². The van der Waals surface area contributed by atoms with Gasteiger partial charge in [0.05, 0.1) is 5.60 Å². The van der Waals surface area contributed by atoms with Crippen molar-refractivity contribution in [3.63, 3.8) is 0 Å². The fourth-order valence-electron chi connectivity index (χ4n) is 5.54. The second-order valence-corrected chi connectivity index (χ2v) is 12.2. The van der Waals surface area contributed by atoms with Crippen LogP contribution in [-0.4, -0.2) is 77.4 Å². The van der Waals surface area contributed by atoms with Gasteiger partial charge in [0.25, 0.3) is 5.91 Å². The molecule has 0 radical (unpaired) electrons. The molecule has 8 nitrogen and oxygen atoms in total. The van der Waals surface area contributed by atoms with Gasteiger partial charge in [-0.3, -0.25) is 4.79 Å². The lowest BCUT2D eigenvalue weighted by Gasteiger charge is -2.46. The van der Waals surface area contributed by atoms with Gasteiger partial charge in [-0.05, 0) is 31.6 Å². The molecule has 2 aliphatic rings. The predicted molar refractivity (Wildman–Crippen MR) is 159 cm³/mol. The number of anilines is 1. The molecule has 1 saturated carbocycles. The fraction of sp³-hybridized carbons (Fsp3) is 0.821. The van der Waals surface area contributed by atoms with Crippen molar-refractivity contribution in [2.45, 2.75) is 96.6 Å². The zero-order valence-corrected chi connectivity index (χ0v) is 25.8. The summed E-state index contributed by atoms with van der Waals surface area (Å²) >= 11 is 0. The summed E-state index contributed by atoms with van der Waals surface area (Å²) in [6.45, 7) is 14.0. The van der Waals surface area contributed by atoms with Crippen LogP contribution in [0.15, 0.2) is 6.20 Å². The number of ether oxygens (including phenoxy) is 1. The van der Waals surface area contributed by atoms with Gasteiger partial charge in [0.1, 0.15) is 17.2 Å². The molecular formula is C28H51Cl2N5O3. The molecule has 220 valence electrons. The van der Waals surface area contributed by atoms with Gasteiger partial charge in [0.15, 0.2) is 0 Å². The van der Waals surface area contributed by atoms with Crippen molar-refractivity contribution in [3.05, 3.63) is 17.6 Å². The first kappa shape index (κ1) is 34.8. The normalized spacial score (nSPS) is 21.3. The minimum absolute atomic E-state index is 0. The average Bonchev–Trinajstić information content (AvgIpc) is 2.84. The van der Waals surface area contributed by atoms with Gasteiger partial charge in [-0.15, -0.1) is 24.8 Å². The van der Waals surface area contributed by atoms with Crippen LogP contribution in [0.4, 0.5) is 5.82 Å². The van der Waals surface area contributed by atoms with Crippen LogP contribution in [0.1, 0.15) is 95.7 Å². The monoisotopic (exact) mass is 575 g/mol. The third-order valence-electron chi connectivity index (χ3n) is 7.58. The average molecular weight is 577 g/mol. The van der Waals surface area contributed by atoms with Crippen LogP contribution < -0.4 is 10.6 Å². The maximum absolute atomic E-state index is 14.1. The third kappa shape index (κ3) is 9.19. The topological polar surface area (TPSA) is 99.6 Å². The lowest BCUT2D eigenvalue weighted by molar-refractivity contribution is -0.0656. The molecule has 1 aliphatic carbocycles. The number of carbonyl (C=O) groups excluding carboxylic acids is 1. The van der Waals surface area contributed by atoms with E-state index in [2.05, 4.69) is 50.2 Å². The summed E-state index contributed by atoms with van der Waals surface area (Å²) in [6.07, 6.45) is 8.44. The second kappa shape index (κ2) is 15.6. The molecule has 2 fully saturated rings. The highest BCUT2D eigenvalue weighted by molar-refractivity contribution is 5.98. The van der Waals surface area contributed by atoms with Crippen LogP contribution in [0.5, 0.6) is 0 Å². The SMILES string of the molecule is COCCCNc1nc(C(C)(C)C)ncc1C(=O)N(CC(C)C)[C@@H]1CNC[C@H](C2(O)CCCCC2)C1.Cl.Cl. The lowest BCUT2D eigenvalue weighted by Crippen LogP contribution is -2.57. The summed E-state index contributed by atoms with van der Waals surface area (Å²) in [5, 5.41) is 18.4. The van der Waals surface area contributed by atoms with Crippen molar-refractivity contribution in [2.24, 2.45) is 11.8 Å². The fourth-order valence-corrected chi connectivity index (χ4v) is 5.54. The Bertz CT molecular complexity index is 859. The number of aliphatic hydroxyl groups is 1. The Kier molecular flexibility index (Phi) is 14.3. The first-order valence-corrected chi connectivity index (χ1v) is 13.9. The van der Waals surface area contributed by atoms with Crippen LogP contribution in [0.25, 0.3) is 0 Å². The van der Waals surface area contributed by atoms with Crippen molar-refractivity contribution in [2.75, 3.05) is 45.2 Å². The molecule has 0 unspecified atom stereocenters. The zero-order chi connectivity index (χ0) is 26.3. The Balaban J connectivity index is 0.00000361. The highest BCUT2D eigenvalue weighted by atomic mass is 35.5. The highest BCUT2D eigenvalue weighted by Crippen LogP contribution is 2.38. The van der Waals surface area contributed by atoms with Crippen LogP contribution in [0.2, 0.25) is 0 Å². The summed E-state index contributed by atoms with van der Waals surface area (Å²) in [6, 6.07) is 0.0215. The number of halogens is 2. The van der Waals surface area contributed by atoms with Crippen LogP contribution in [0, 0.1) is 11.8 Å². The Morgan fingerprint density at radius 2 is 1.92 bits per heavy atom. The molecule has 0 aromatic carbocycles. The van der Waals surface area contributed by atoms with Gasteiger partial charge in [-0.1, -0.05) is 53.9 Å². The Morgan fingerprint density at radius 3 is 2.53 bits per heavy atom. The quantitative estimate of drug-likeness (QED) is 0.343. The van der Waals surface area contributed by atoms with Gasteiger partial charge >= 0.3 is 0 Å². The highest BCUT2D eigenvalue weighted by Gasteiger charge is 2.42. The number of aromatic nitrogens is 2. The summed E-state index contributed by atoms with van der Waals surface area (Å²) in [4.78, 5) is 25.5. The second-order valence-electron chi connectivity index (χ2n) is 12.2. The van der Waals surface area contributed by atoms with Crippen molar-refractivity contribution >= 4 is 36.5 Å². The number of rotatable bonds is 10. The standard InChI is InChI=1S/C28H49N5O3.2ClH/c1-20(2)19-33(22-15-21(16-29-17-22)28(35)11-8-7-9-12-28)25(34)23-18-31-26(27(3,4)5)32-24(23)30-13-10-14-36-6;;/h18,20-22,29,35H,7-17,19H2,1-6H3,(H,30,31,32);2*1H/t21-,22+;;/m1../s1. The minimum atomic E-state index is -0.623. The first-order chi connectivity index (χ1) is 17.0. The Hall–Kier alpha value is -1.19. The van der Waals surface area contributed by atoms with E-state index >= 15 is 0 Å². The number of methoxy groups -OCH3 is 1. The Morgan fingerprint density at radius 1 is 1.24 bits per heavy atom. The van der Waals surface area contributed by atoms with E-state index < -0.39 is 5.60 Å². The van der Waals surface area contributed by atoms with Crippen LogP contribution >= 0.6 is 24.8 Å². The van der Waals surface area contributed by atoms with E-state index in [1.807, 2.05) is 4.90 Å².